The third-order valence-corrected chi connectivity index (χ3v) is 2.60. The molecule has 0 aliphatic carbocycles. The predicted molar refractivity (Wildman–Crippen MR) is 73.6 cm³/mol. The molecule has 2 rings (SSSR count). The molecular formula is C14H15FN2O2. The van der Waals surface area contributed by atoms with Crippen LogP contribution in [0.1, 0.15) is 0 Å². The van der Waals surface area contributed by atoms with Gasteiger partial charge in [-0.1, -0.05) is 0 Å². The zero-order valence-electron chi connectivity index (χ0n) is 10.7. The second-order valence-electron chi connectivity index (χ2n) is 3.97. The van der Waals surface area contributed by atoms with Crippen LogP contribution in [0.3, 0.4) is 0 Å². The van der Waals surface area contributed by atoms with Gasteiger partial charge in [-0.3, -0.25) is 0 Å². The average Bonchev–Trinajstić information content (AvgIpc) is 2.40. The van der Waals surface area contributed by atoms with Gasteiger partial charge in [0.05, 0.1) is 14.2 Å². The van der Waals surface area contributed by atoms with Crippen LogP contribution in [0.2, 0.25) is 0 Å². The zero-order chi connectivity index (χ0) is 13.8. The molecule has 2 aromatic rings. The van der Waals surface area contributed by atoms with Crippen LogP contribution >= 0.6 is 0 Å². The average molecular weight is 262 g/mol. The molecule has 0 fully saturated rings. The fourth-order valence-corrected chi connectivity index (χ4v) is 1.72. The van der Waals surface area contributed by atoms with Gasteiger partial charge in [-0.2, -0.15) is 0 Å². The summed E-state index contributed by atoms with van der Waals surface area (Å²) in [6.07, 6.45) is 0. The lowest BCUT2D eigenvalue weighted by atomic mass is 10.2. The van der Waals surface area contributed by atoms with Crippen molar-refractivity contribution in [3.8, 4) is 11.5 Å². The van der Waals surface area contributed by atoms with Crippen LogP contribution in [0.4, 0.5) is 21.5 Å². The molecule has 2 aromatic carbocycles. The molecule has 0 heterocycles. The van der Waals surface area contributed by atoms with E-state index in [0.717, 1.165) is 5.69 Å². The lowest BCUT2D eigenvalue weighted by Crippen LogP contribution is -1.96. The molecule has 0 bridgehead atoms. The van der Waals surface area contributed by atoms with E-state index in [9.17, 15) is 4.39 Å². The van der Waals surface area contributed by atoms with Crippen molar-refractivity contribution in [3.63, 3.8) is 0 Å². The first kappa shape index (κ1) is 13.0. The smallest absolute Gasteiger partial charge is 0.165 e. The SMILES string of the molecule is COc1cc(N)cc(Nc2ccc(F)c(OC)c2)c1. The van der Waals surface area contributed by atoms with Crippen molar-refractivity contribution in [2.24, 2.45) is 0 Å². The molecule has 3 N–H and O–H groups in total. The van der Waals surface area contributed by atoms with E-state index in [1.807, 2.05) is 0 Å². The summed E-state index contributed by atoms with van der Waals surface area (Å²) >= 11 is 0. The maximum atomic E-state index is 13.3. The van der Waals surface area contributed by atoms with E-state index in [0.29, 0.717) is 17.1 Å². The fourth-order valence-electron chi connectivity index (χ4n) is 1.72. The van der Waals surface area contributed by atoms with Gasteiger partial charge in [0.25, 0.3) is 0 Å². The standard InChI is InChI=1S/C14H15FN2O2/c1-18-12-6-9(16)5-11(7-12)17-10-3-4-13(15)14(8-10)19-2/h3-8,17H,16H2,1-2H3. The van der Waals surface area contributed by atoms with Gasteiger partial charge < -0.3 is 20.5 Å². The van der Waals surface area contributed by atoms with Gasteiger partial charge >= 0.3 is 0 Å². The van der Waals surface area contributed by atoms with E-state index in [-0.39, 0.29) is 5.75 Å². The number of ether oxygens (including phenoxy) is 2. The van der Waals surface area contributed by atoms with E-state index in [1.165, 1.54) is 13.2 Å². The predicted octanol–water partition coefficient (Wildman–Crippen LogP) is 3.17. The van der Waals surface area contributed by atoms with Crippen LogP contribution in [0.5, 0.6) is 11.5 Å². The number of hydrogen-bond acceptors (Lipinski definition) is 4. The summed E-state index contributed by atoms with van der Waals surface area (Å²) < 4.78 is 23.4. The first-order valence-corrected chi connectivity index (χ1v) is 5.67. The third-order valence-electron chi connectivity index (χ3n) is 2.60. The van der Waals surface area contributed by atoms with Crippen LogP contribution in [-0.4, -0.2) is 14.2 Å². The van der Waals surface area contributed by atoms with Crippen molar-refractivity contribution < 1.29 is 13.9 Å². The minimum Gasteiger partial charge on any atom is -0.497 e. The quantitative estimate of drug-likeness (QED) is 0.831. The molecule has 5 heteroatoms. The highest BCUT2D eigenvalue weighted by Gasteiger charge is 2.05. The molecule has 100 valence electrons. The van der Waals surface area contributed by atoms with Crippen molar-refractivity contribution in [3.05, 3.63) is 42.2 Å². The number of halogens is 1. The second-order valence-corrected chi connectivity index (χ2v) is 3.97. The molecule has 0 radical (unpaired) electrons. The Kier molecular flexibility index (Phi) is 3.75. The number of nitrogens with two attached hydrogens (primary N) is 1. The first-order valence-electron chi connectivity index (χ1n) is 5.67. The van der Waals surface area contributed by atoms with Crippen molar-refractivity contribution in [2.45, 2.75) is 0 Å². The van der Waals surface area contributed by atoms with E-state index >= 15 is 0 Å². The van der Waals surface area contributed by atoms with Crippen molar-refractivity contribution in [1.29, 1.82) is 0 Å². The number of anilines is 3. The lowest BCUT2D eigenvalue weighted by molar-refractivity contribution is 0.387. The highest BCUT2D eigenvalue weighted by Crippen LogP contribution is 2.27. The van der Waals surface area contributed by atoms with E-state index < -0.39 is 5.82 Å². The van der Waals surface area contributed by atoms with Gasteiger partial charge in [0.1, 0.15) is 5.75 Å². The van der Waals surface area contributed by atoms with Crippen molar-refractivity contribution in [1.82, 2.24) is 0 Å². The number of benzene rings is 2. The van der Waals surface area contributed by atoms with Gasteiger partial charge in [0.15, 0.2) is 11.6 Å². The van der Waals surface area contributed by atoms with Gasteiger partial charge in [0, 0.05) is 35.3 Å². The molecule has 0 aliphatic rings. The number of nitrogens with one attached hydrogen (secondary N) is 1. The highest BCUT2D eigenvalue weighted by molar-refractivity contribution is 5.67. The molecule has 0 aliphatic heterocycles. The molecule has 19 heavy (non-hydrogen) atoms. The van der Waals surface area contributed by atoms with Crippen LogP contribution in [0.15, 0.2) is 36.4 Å². The van der Waals surface area contributed by atoms with E-state index in [1.54, 1.807) is 37.4 Å². The van der Waals surface area contributed by atoms with Crippen molar-refractivity contribution >= 4 is 17.1 Å². The largest absolute Gasteiger partial charge is 0.497 e. The lowest BCUT2D eigenvalue weighted by Gasteiger charge is -2.11. The van der Waals surface area contributed by atoms with Gasteiger partial charge in [-0.15, -0.1) is 0 Å². The Morgan fingerprint density at radius 2 is 1.79 bits per heavy atom. The normalized spacial score (nSPS) is 10.1. The van der Waals surface area contributed by atoms with Crippen LogP contribution in [0.25, 0.3) is 0 Å². The number of hydrogen-bond donors (Lipinski definition) is 2. The van der Waals surface area contributed by atoms with E-state index in [4.69, 9.17) is 15.2 Å². The minimum absolute atomic E-state index is 0.181. The summed E-state index contributed by atoms with van der Waals surface area (Å²) in [6.45, 7) is 0. The molecule has 0 spiro atoms. The summed E-state index contributed by atoms with van der Waals surface area (Å²) in [5.74, 6) is 0.427. The Labute approximate surface area is 111 Å². The molecule has 0 aromatic heterocycles. The third kappa shape index (κ3) is 3.07. The molecule has 4 nitrogen and oxygen atoms in total. The maximum Gasteiger partial charge on any atom is 0.165 e. The number of methoxy groups -OCH3 is 2. The minimum atomic E-state index is -0.404. The van der Waals surface area contributed by atoms with Crippen LogP contribution in [-0.2, 0) is 0 Å². The number of rotatable bonds is 4. The molecule has 0 unspecified atom stereocenters. The van der Waals surface area contributed by atoms with Gasteiger partial charge in [-0.05, 0) is 18.2 Å². The fraction of sp³-hybridized carbons (Fsp3) is 0.143. The summed E-state index contributed by atoms with van der Waals surface area (Å²) in [6, 6.07) is 9.81. The van der Waals surface area contributed by atoms with E-state index in [2.05, 4.69) is 5.32 Å². The molecular weight excluding hydrogens is 247 g/mol. The monoisotopic (exact) mass is 262 g/mol. The van der Waals surface area contributed by atoms with Gasteiger partial charge in [-0.25, -0.2) is 4.39 Å². The topological polar surface area (TPSA) is 56.5 Å². The Hall–Kier alpha value is -2.43. The molecule has 0 saturated heterocycles. The van der Waals surface area contributed by atoms with Crippen LogP contribution < -0.4 is 20.5 Å². The Balaban J connectivity index is 2.28. The molecule has 0 amide bonds. The summed E-state index contributed by atoms with van der Waals surface area (Å²) in [4.78, 5) is 0. The molecule has 0 saturated carbocycles. The van der Waals surface area contributed by atoms with Crippen LogP contribution in [0, 0.1) is 5.82 Å². The molecule has 0 atom stereocenters. The summed E-state index contributed by atoms with van der Waals surface area (Å²) in [7, 11) is 2.99. The van der Waals surface area contributed by atoms with Gasteiger partial charge in [0.2, 0.25) is 0 Å². The Morgan fingerprint density at radius 1 is 1.00 bits per heavy atom. The second kappa shape index (κ2) is 5.48. The van der Waals surface area contributed by atoms with Crippen molar-refractivity contribution in [2.75, 3.05) is 25.3 Å². The highest BCUT2D eigenvalue weighted by atomic mass is 19.1. The Bertz CT molecular complexity index is 588. The maximum absolute atomic E-state index is 13.3. The Morgan fingerprint density at radius 3 is 2.47 bits per heavy atom. The first-order chi connectivity index (χ1) is 9.12. The number of nitrogen functional groups attached to an aromatic ring is 1. The summed E-state index contributed by atoms with van der Waals surface area (Å²) in [5.41, 5.74) is 7.80. The zero-order valence-corrected chi connectivity index (χ0v) is 10.7. The summed E-state index contributed by atoms with van der Waals surface area (Å²) in [5, 5.41) is 3.11.